The number of carbonyl (C=O) groups is 1. The summed E-state index contributed by atoms with van der Waals surface area (Å²) in [7, 11) is 0. The number of nitrogens with one attached hydrogen (secondary N) is 2. The number of aryl methyl sites for hydroxylation is 1. The Bertz CT molecular complexity index is 729. The Labute approximate surface area is 141 Å². The van der Waals surface area contributed by atoms with Crippen LogP contribution in [-0.4, -0.2) is 30.4 Å². The summed E-state index contributed by atoms with van der Waals surface area (Å²) in [6.07, 6.45) is 1.38. The third-order valence-corrected chi connectivity index (χ3v) is 3.31. The van der Waals surface area contributed by atoms with Crippen LogP contribution in [0.5, 0.6) is 11.5 Å². The number of hydrogen-bond donors (Lipinski definition) is 3. The van der Waals surface area contributed by atoms with Crippen LogP contribution < -0.4 is 15.5 Å². The monoisotopic (exact) mass is 327 g/mol. The molecule has 126 valence electrons. The Morgan fingerprint density at radius 1 is 1.25 bits per heavy atom. The summed E-state index contributed by atoms with van der Waals surface area (Å²) in [5, 5.41) is 16.9. The molecule has 1 amide bonds. The van der Waals surface area contributed by atoms with Gasteiger partial charge >= 0.3 is 0 Å². The summed E-state index contributed by atoms with van der Waals surface area (Å²) in [5.74, 6) is 0.0966. The Morgan fingerprint density at radius 3 is 2.79 bits per heavy atom. The predicted molar refractivity (Wildman–Crippen MR) is 94.7 cm³/mol. The lowest BCUT2D eigenvalue weighted by atomic mass is 10.2. The summed E-state index contributed by atoms with van der Waals surface area (Å²) in [5.41, 5.74) is 4.84. The van der Waals surface area contributed by atoms with Crippen molar-refractivity contribution in [2.75, 3.05) is 18.5 Å². The molecule has 0 bridgehead atoms. The highest BCUT2D eigenvalue weighted by atomic mass is 16.5. The van der Waals surface area contributed by atoms with E-state index >= 15 is 0 Å². The minimum absolute atomic E-state index is 0.00427. The van der Waals surface area contributed by atoms with E-state index in [0.29, 0.717) is 17.9 Å². The van der Waals surface area contributed by atoms with Gasteiger partial charge in [0.05, 0.1) is 19.4 Å². The smallest absolute Gasteiger partial charge is 0.259 e. The SMILES string of the molecule is CCOc1cccc(C=NNC(=O)CNc2ccccc2C)c1O. The third-order valence-electron chi connectivity index (χ3n) is 3.31. The zero-order valence-corrected chi connectivity index (χ0v) is 13.7. The van der Waals surface area contributed by atoms with Gasteiger partial charge in [-0.2, -0.15) is 5.10 Å². The van der Waals surface area contributed by atoms with Crippen molar-refractivity contribution in [1.82, 2.24) is 5.43 Å². The molecule has 0 saturated heterocycles. The molecule has 0 heterocycles. The molecule has 2 aromatic rings. The maximum Gasteiger partial charge on any atom is 0.259 e. The molecule has 0 spiro atoms. The molecule has 0 aliphatic rings. The van der Waals surface area contributed by atoms with Crippen LogP contribution in [0.25, 0.3) is 0 Å². The highest BCUT2D eigenvalue weighted by Crippen LogP contribution is 2.28. The van der Waals surface area contributed by atoms with Crippen molar-refractivity contribution in [2.45, 2.75) is 13.8 Å². The van der Waals surface area contributed by atoms with E-state index in [2.05, 4.69) is 15.8 Å². The molecule has 6 heteroatoms. The maximum absolute atomic E-state index is 11.8. The molecule has 3 N–H and O–H groups in total. The average Bonchev–Trinajstić information content (AvgIpc) is 2.57. The molecule has 0 unspecified atom stereocenters. The molecule has 0 aliphatic carbocycles. The quantitative estimate of drug-likeness (QED) is 0.539. The van der Waals surface area contributed by atoms with Gasteiger partial charge in [0.2, 0.25) is 0 Å². The Morgan fingerprint density at radius 2 is 2.04 bits per heavy atom. The highest BCUT2D eigenvalue weighted by Gasteiger charge is 2.06. The van der Waals surface area contributed by atoms with E-state index in [4.69, 9.17) is 4.74 Å². The molecule has 0 aliphatic heterocycles. The topological polar surface area (TPSA) is 83.0 Å². The van der Waals surface area contributed by atoms with Crippen LogP contribution in [0.1, 0.15) is 18.1 Å². The number of para-hydroxylation sites is 2. The number of phenolic OH excluding ortho intramolecular Hbond substituents is 1. The first-order valence-electron chi connectivity index (χ1n) is 7.68. The van der Waals surface area contributed by atoms with Crippen LogP contribution in [0.3, 0.4) is 0 Å². The lowest BCUT2D eigenvalue weighted by Crippen LogP contribution is -2.26. The first-order valence-corrected chi connectivity index (χ1v) is 7.68. The molecule has 0 saturated carbocycles. The number of carbonyl (C=O) groups excluding carboxylic acids is 1. The molecule has 6 nitrogen and oxygen atoms in total. The second kappa shape index (κ2) is 8.57. The van der Waals surface area contributed by atoms with E-state index in [9.17, 15) is 9.90 Å². The fourth-order valence-corrected chi connectivity index (χ4v) is 2.08. The molecule has 2 rings (SSSR count). The number of amides is 1. The van der Waals surface area contributed by atoms with Crippen molar-refractivity contribution < 1.29 is 14.6 Å². The Balaban J connectivity index is 1.89. The molecule has 0 aromatic heterocycles. The van der Waals surface area contributed by atoms with Crippen LogP contribution in [-0.2, 0) is 4.79 Å². The molecule has 24 heavy (non-hydrogen) atoms. The number of ether oxygens (including phenoxy) is 1. The minimum Gasteiger partial charge on any atom is -0.504 e. The lowest BCUT2D eigenvalue weighted by molar-refractivity contribution is -0.119. The first kappa shape index (κ1) is 17.3. The fraction of sp³-hybridized carbons (Fsp3) is 0.222. The van der Waals surface area contributed by atoms with Gasteiger partial charge in [-0.3, -0.25) is 4.79 Å². The number of hydrogen-bond acceptors (Lipinski definition) is 5. The van der Waals surface area contributed by atoms with Crippen LogP contribution >= 0.6 is 0 Å². The Kier molecular flexibility index (Phi) is 6.19. The lowest BCUT2D eigenvalue weighted by Gasteiger charge is -2.08. The molecule has 0 atom stereocenters. The summed E-state index contributed by atoms with van der Waals surface area (Å²) >= 11 is 0. The average molecular weight is 327 g/mol. The van der Waals surface area contributed by atoms with Gasteiger partial charge in [-0.15, -0.1) is 0 Å². The predicted octanol–water partition coefficient (Wildman–Crippen LogP) is 2.66. The molecular weight excluding hydrogens is 306 g/mol. The van der Waals surface area contributed by atoms with Crippen LogP contribution in [0, 0.1) is 6.92 Å². The van der Waals surface area contributed by atoms with Gasteiger partial charge in [0.15, 0.2) is 11.5 Å². The third kappa shape index (κ3) is 4.74. The largest absolute Gasteiger partial charge is 0.504 e. The number of anilines is 1. The normalized spacial score (nSPS) is 10.6. The number of aromatic hydroxyl groups is 1. The number of benzene rings is 2. The summed E-state index contributed by atoms with van der Waals surface area (Å²) < 4.78 is 5.29. The number of phenols is 1. The molecule has 0 fully saturated rings. The second-order valence-electron chi connectivity index (χ2n) is 5.09. The van der Waals surface area contributed by atoms with Gasteiger partial charge in [0.1, 0.15) is 0 Å². The van der Waals surface area contributed by atoms with Gasteiger partial charge in [-0.25, -0.2) is 5.43 Å². The van der Waals surface area contributed by atoms with E-state index < -0.39 is 0 Å². The van der Waals surface area contributed by atoms with Crippen LogP contribution in [0.15, 0.2) is 47.6 Å². The zero-order valence-electron chi connectivity index (χ0n) is 13.7. The molecular formula is C18H21N3O3. The van der Waals surface area contributed by atoms with E-state index in [0.717, 1.165) is 11.3 Å². The van der Waals surface area contributed by atoms with Gasteiger partial charge < -0.3 is 15.2 Å². The number of rotatable bonds is 7. The van der Waals surface area contributed by atoms with Crippen LogP contribution in [0.4, 0.5) is 5.69 Å². The molecule has 0 radical (unpaired) electrons. The van der Waals surface area contributed by atoms with Gasteiger partial charge in [0.25, 0.3) is 5.91 Å². The van der Waals surface area contributed by atoms with Crippen molar-refractivity contribution in [3.63, 3.8) is 0 Å². The first-order chi connectivity index (χ1) is 11.6. The van der Waals surface area contributed by atoms with E-state index in [1.54, 1.807) is 18.2 Å². The Hall–Kier alpha value is -3.02. The van der Waals surface area contributed by atoms with Crippen molar-refractivity contribution in [3.05, 3.63) is 53.6 Å². The van der Waals surface area contributed by atoms with Crippen molar-refractivity contribution in [1.29, 1.82) is 0 Å². The maximum atomic E-state index is 11.8. The van der Waals surface area contributed by atoms with E-state index in [1.807, 2.05) is 38.1 Å². The standard InChI is InChI=1S/C18H21N3O3/c1-3-24-16-10-6-8-14(18(16)23)11-20-21-17(22)12-19-15-9-5-4-7-13(15)2/h4-11,19,23H,3,12H2,1-2H3,(H,21,22). The van der Waals surface area contributed by atoms with E-state index in [1.165, 1.54) is 6.21 Å². The second-order valence-corrected chi connectivity index (χ2v) is 5.09. The van der Waals surface area contributed by atoms with Crippen molar-refractivity contribution in [3.8, 4) is 11.5 Å². The summed E-state index contributed by atoms with van der Waals surface area (Å²) in [4.78, 5) is 11.8. The van der Waals surface area contributed by atoms with Gasteiger partial charge in [0, 0.05) is 11.3 Å². The van der Waals surface area contributed by atoms with Gasteiger partial charge in [-0.05, 0) is 37.6 Å². The zero-order chi connectivity index (χ0) is 17.4. The summed E-state index contributed by atoms with van der Waals surface area (Å²) in [6.45, 7) is 4.36. The van der Waals surface area contributed by atoms with E-state index in [-0.39, 0.29) is 18.2 Å². The van der Waals surface area contributed by atoms with Crippen molar-refractivity contribution >= 4 is 17.8 Å². The van der Waals surface area contributed by atoms with Gasteiger partial charge in [-0.1, -0.05) is 24.3 Å². The molecule has 2 aromatic carbocycles. The van der Waals surface area contributed by atoms with Crippen LogP contribution in [0.2, 0.25) is 0 Å². The summed E-state index contributed by atoms with van der Waals surface area (Å²) in [6, 6.07) is 12.8. The van der Waals surface area contributed by atoms with Crippen molar-refractivity contribution in [2.24, 2.45) is 5.10 Å². The minimum atomic E-state index is -0.282. The fourth-order valence-electron chi connectivity index (χ4n) is 2.08. The highest BCUT2D eigenvalue weighted by molar-refractivity contribution is 5.87. The number of nitrogens with zero attached hydrogens (tertiary/aromatic N) is 1. The number of hydrazone groups is 1.